The summed E-state index contributed by atoms with van der Waals surface area (Å²) in [6.07, 6.45) is -5.77. The van der Waals surface area contributed by atoms with Gasteiger partial charge < -0.3 is 9.67 Å². The highest BCUT2D eigenvalue weighted by molar-refractivity contribution is 5.83. The van der Waals surface area contributed by atoms with Crippen molar-refractivity contribution < 1.29 is 22.7 Å². The molecular weight excluding hydrogens is 456 g/mol. The second kappa shape index (κ2) is 8.29. The Labute approximate surface area is 189 Å². The fourth-order valence-corrected chi connectivity index (χ4v) is 4.19. The first-order chi connectivity index (χ1) is 16.2. The second-order valence-electron chi connectivity index (χ2n) is 8.01. The number of hydrogen-bond acceptors (Lipinski definition) is 6. The molecule has 2 N–H and O–H groups in total. The summed E-state index contributed by atoms with van der Waals surface area (Å²) >= 11 is 0. The summed E-state index contributed by atoms with van der Waals surface area (Å²) in [6, 6.07) is 11.2. The number of hydrogen-bond donors (Lipinski definition) is 2. The van der Waals surface area contributed by atoms with Gasteiger partial charge in [0, 0.05) is 30.5 Å². The van der Waals surface area contributed by atoms with Crippen molar-refractivity contribution in [3.8, 4) is 0 Å². The molecule has 12 heteroatoms. The summed E-state index contributed by atoms with van der Waals surface area (Å²) in [5, 5.41) is 25.4. The smallest absolute Gasteiger partial charge is 0.374 e. The predicted octanol–water partition coefficient (Wildman–Crippen LogP) is 2.77. The normalized spacial score (nSPS) is 15.4. The van der Waals surface area contributed by atoms with Crippen molar-refractivity contribution in [3.63, 3.8) is 0 Å². The van der Waals surface area contributed by atoms with Gasteiger partial charge in [-0.15, -0.1) is 10.2 Å². The molecule has 1 aliphatic heterocycles. The number of fused-ring (bicyclic) bond motifs is 2. The summed E-state index contributed by atoms with van der Waals surface area (Å²) in [5.41, 5.74) is 0.879. The molecule has 0 fully saturated rings. The maximum Gasteiger partial charge on any atom is 0.451 e. The Morgan fingerprint density at radius 3 is 2.62 bits per heavy atom. The van der Waals surface area contributed by atoms with Gasteiger partial charge in [0.1, 0.15) is 17.9 Å². The van der Waals surface area contributed by atoms with Crippen LogP contribution in [0.2, 0.25) is 0 Å². The monoisotopic (exact) mass is 474 g/mol. The van der Waals surface area contributed by atoms with E-state index >= 15 is 0 Å². The molecule has 0 radical (unpaired) electrons. The van der Waals surface area contributed by atoms with Crippen LogP contribution >= 0.6 is 0 Å². The van der Waals surface area contributed by atoms with Gasteiger partial charge in [-0.05, 0) is 23.8 Å². The van der Waals surface area contributed by atoms with E-state index in [1.165, 1.54) is 17.0 Å². The number of aliphatic hydroxyl groups excluding tert-OH is 1. The van der Waals surface area contributed by atoms with Crippen LogP contribution < -0.4 is 5.56 Å². The molecule has 34 heavy (non-hydrogen) atoms. The van der Waals surface area contributed by atoms with Crippen LogP contribution in [0.4, 0.5) is 17.6 Å². The van der Waals surface area contributed by atoms with Gasteiger partial charge in [0.15, 0.2) is 0 Å². The number of nitrogens with one attached hydrogen (secondary N) is 1. The minimum Gasteiger partial charge on any atom is -0.374 e. The minimum atomic E-state index is -4.63. The summed E-state index contributed by atoms with van der Waals surface area (Å²) in [6.45, 7) is -0.173. The zero-order chi connectivity index (χ0) is 24.0. The number of nitrogens with zero attached hydrogens (tertiary/aromatic N) is 5. The molecule has 3 heterocycles. The van der Waals surface area contributed by atoms with Crippen molar-refractivity contribution in [1.82, 2.24) is 29.9 Å². The number of aromatic nitrogens is 5. The Kier molecular flexibility index (Phi) is 5.41. The quantitative estimate of drug-likeness (QED) is 0.442. The fraction of sp³-hybridized carbons (Fsp3) is 0.273. The third-order valence-corrected chi connectivity index (χ3v) is 5.87. The number of H-pyrrole nitrogens is 1. The van der Waals surface area contributed by atoms with Crippen LogP contribution in [0.5, 0.6) is 0 Å². The van der Waals surface area contributed by atoms with Gasteiger partial charge >= 0.3 is 6.18 Å². The van der Waals surface area contributed by atoms with Gasteiger partial charge in [-0.3, -0.25) is 9.69 Å². The molecule has 2 aromatic heterocycles. The molecule has 0 spiro atoms. The van der Waals surface area contributed by atoms with E-state index in [0.717, 1.165) is 4.57 Å². The lowest BCUT2D eigenvalue weighted by Gasteiger charge is -2.32. The Balaban J connectivity index is 1.41. The van der Waals surface area contributed by atoms with Gasteiger partial charge in [-0.2, -0.15) is 18.3 Å². The number of halogens is 4. The summed E-state index contributed by atoms with van der Waals surface area (Å²) in [4.78, 5) is 13.4. The summed E-state index contributed by atoms with van der Waals surface area (Å²) in [5.74, 6) is -1.71. The Hall–Kier alpha value is -3.64. The molecule has 0 bridgehead atoms. The molecule has 2 aromatic carbocycles. The third-order valence-electron chi connectivity index (χ3n) is 5.87. The van der Waals surface area contributed by atoms with E-state index < -0.39 is 24.0 Å². The molecule has 4 aromatic rings. The Morgan fingerprint density at radius 2 is 1.85 bits per heavy atom. The zero-order valence-electron chi connectivity index (χ0n) is 17.6. The summed E-state index contributed by atoms with van der Waals surface area (Å²) < 4.78 is 54.8. The topological polar surface area (TPSA) is 99.9 Å². The van der Waals surface area contributed by atoms with Gasteiger partial charge in [0.2, 0.25) is 5.82 Å². The molecule has 0 amide bonds. The predicted molar refractivity (Wildman–Crippen MR) is 112 cm³/mol. The molecule has 1 aliphatic rings. The number of aromatic amines is 1. The van der Waals surface area contributed by atoms with Crippen molar-refractivity contribution in [3.05, 3.63) is 87.1 Å². The van der Waals surface area contributed by atoms with Crippen LogP contribution in [-0.4, -0.2) is 41.5 Å². The lowest BCUT2D eigenvalue weighted by Crippen LogP contribution is -2.38. The third kappa shape index (κ3) is 3.94. The van der Waals surface area contributed by atoms with E-state index in [4.69, 9.17) is 0 Å². The van der Waals surface area contributed by atoms with Crippen LogP contribution in [0.3, 0.4) is 0 Å². The highest BCUT2D eigenvalue weighted by Crippen LogP contribution is 2.32. The van der Waals surface area contributed by atoms with Crippen LogP contribution in [0.1, 0.15) is 34.7 Å². The number of benzene rings is 2. The largest absolute Gasteiger partial charge is 0.451 e. The van der Waals surface area contributed by atoms with Crippen molar-refractivity contribution in [2.45, 2.75) is 31.9 Å². The first-order valence-corrected chi connectivity index (χ1v) is 10.4. The van der Waals surface area contributed by atoms with Crippen molar-refractivity contribution in [2.24, 2.45) is 0 Å². The van der Waals surface area contributed by atoms with Crippen LogP contribution in [0.15, 0.2) is 47.3 Å². The van der Waals surface area contributed by atoms with E-state index in [0.29, 0.717) is 22.0 Å². The number of rotatable bonds is 4. The Morgan fingerprint density at radius 1 is 1.09 bits per heavy atom. The second-order valence-corrected chi connectivity index (χ2v) is 8.01. The molecule has 0 saturated carbocycles. The molecule has 1 unspecified atom stereocenters. The van der Waals surface area contributed by atoms with E-state index in [2.05, 4.69) is 20.4 Å². The summed E-state index contributed by atoms with van der Waals surface area (Å²) in [7, 11) is 0. The van der Waals surface area contributed by atoms with E-state index in [1.54, 1.807) is 30.3 Å². The van der Waals surface area contributed by atoms with Gasteiger partial charge in [0.25, 0.3) is 5.56 Å². The maximum absolute atomic E-state index is 14.6. The van der Waals surface area contributed by atoms with Crippen molar-refractivity contribution in [1.29, 1.82) is 0 Å². The molecule has 0 saturated heterocycles. The Bertz CT molecular complexity index is 1430. The lowest BCUT2D eigenvalue weighted by atomic mass is 10.0. The van der Waals surface area contributed by atoms with Crippen LogP contribution in [0, 0.1) is 5.82 Å². The average molecular weight is 474 g/mol. The van der Waals surface area contributed by atoms with E-state index in [9.17, 15) is 27.5 Å². The molecule has 176 valence electrons. The molecule has 1 atom stereocenters. The molecule has 0 aliphatic carbocycles. The highest BCUT2D eigenvalue weighted by Gasteiger charge is 2.40. The first-order valence-electron chi connectivity index (χ1n) is 10.4. The lowest BCUT2D eigenvalue weighted by molar-refractivity contribution is -0.148. The van der Waals surface area contributed by atoms with Gasteiger partial charge in [0.05, 0.1) is 17.6 Å². The van der Waals surface area contributed by atoms with E-state index in [1.807, 2.05) is 0 Å². The average Bonchev–Trinajstić information content (AvgIpc) is 3.26. The van der Waals surface area contributed by atoms with Crippen LogP contribution in [0.25, 0.3) is 10.8 Å². The number of alkyl halides is 3. The van der Waals surface area contributed by atoms with Gasteiger partial charge in [-0.25, -0.2) is 9.49 Å². The van der Waals surface area contributed by atoms with E-state index in [-0.39, 0.29) is 43.0 Å². The molecular formula is C22H18F4N6O2. The SMILES string of the molecule is O=c1[nH]nc(Cc2ccc(F)c(C(O)N3CCn4c(nnc4C(F)(F)F)C3)c2)c2ccccc12. The minimum absolute atomic E-state index is 0.0183. The highest BCUT2D eigenvalue weighted by atomic mass is 19.4. The zero-order valence-corrected chi connectivity index (χ0v) is 17.6. The number of aliphatic hydroxyl groups is 1. The van der Waals surface area contributed by atoms with Crippen molar-refractivity contribution in [2.75, 3.05) is 6.54 Å². The maximum atomic E-state index is 14.6. The molecule has 5 rings (SSSR count). The molecule has 8 nitrogen and oxygen atoms in total. The van der Waals surface area contributed by atoms with Crippen LogP contribution in [-0.2, 0) is 25.7 Å². The van der Waals surface area contributed by atoms with Gasteiger partial charge in [-0.1, -0.05) is 24.3 Å². The van der Waals surface area contributed by atoms with Crippen molar-refractivity contribution >= 4 is 10.8 Å². The standard InChI is InChI=1S/C22H18F4N6O2/c23-16-6-5-12(10-17-13-3-1-2-4-14(13)19(33)29-27-17)9-15(16)20(34)31-7-8-32-18(11-31)28-30-21(32)22(24,25)26/h1-6,9,20,34H,7-8,10-11H2,(H,29,33). The fourth-order valence-electron chi connectivity index (χ4n) is 4.19. The first kappa shape index (κ1) is 22.2.